The lowest BCUT2D eigenvalue weighted by Gasteiger charge is -2.27. The van der Waals surface area contributed by atoms with Gasteiger partial charge in [-0.05, 0) is 17.9 Å². The fraction of sp³-hybridized carbons (Fsp3) is 0.500. The van der Waals surface area contributed by atoms with Crippen molar-refractivity contribution in [2.45, 2.75) is 37.3 Å². The second-order valence-electron chi connectivity index (χ2n) is 5.00. The van der Waals surface area contributed by atoms with Crippen LogP contribution in [-0.2, 0) is 4.79 Å². The van der Waals surface area contributed by atoms with E-state index in [1.165, 1.54) is 5.32 Å². The zero-order chi connectivity index (χ0) is 17.9. The van der Waals surface area contributed by atoms with Gasteiger partial charge in [0.1, 0.15) is 0 Å². The molecule has 0 saturated heterocycles. The van der Waals surface area contributed by atoms with E-state index < -0.39 is 30.5 Å². The van der Waals surface area contributed by atoms with Gasteiger partial charge in [-0.3, -0.25) is 4.79 Å². The highest BCUT2D eigenvalue weighted by Crippen LogP contribution is 2.46. The van der Waals surface area contributed by atoms with E-state index in [9.17, 15) is 35.5 Å². The summed E-state index contributed by atoms with van der Waals surface area (Å²) in [6.45, 7) is 1.24. The molecule has 1 atom stereocenters. The van der Waals surface area contributed by atoms with Crippen LogP contribution in [-0.4, -0.2) is 30.5 Å². The molecule has 23 heavy (non-hydrogen) atoms. The van der Waals surface area contributed by atoms with E-state index in [0.29, 0.717) is 0 Å². The quantitative estimate of drug-likeness (QED) is 0.772. The molecule has 130 valence electrons. The average molecular weight is 345 g/mol. The van der Waals surface area contributed by atoms with Crippen LogP contribution in [0, 0.1) is 0 Å². The maximum atomic E-state index is 13.1. The molecule has 1 aromatic rings. The predicted molar refractivity (Wildman–Crippen MR) is 68.4 cm³/mol. The van der Waals surface area contributed by atoms with Gasteiger partial charge in [0.25, 0.3) is 5.91 Å². The molecule has 9 heteroatoms. The Balaban J connectivity index is 2.63. The van der Waals surface area contributed by atoms with Gasteiger partial charge in [0.15, 0.2) is 0 Å². The Bertz CT molecular complexity index is 528. The van der Waals surface area contributed by atoms with Crippen molar-refractivity contribution in [1.29, 1.82) is 0 Å². The van der Waals surface area contributed by atoms with Gasteiger partial charge >= 0.3 is 18.0 Å². The largest absolute Gasteiger partial charge is 0.460 e. The molecule has 0 spiro atoms. The number of alkyl halides is 7. The smallest absolute Gasteiger partial charge is 0.351 e. The molecule has 1 N–H and O–H groups in total. The Labute approximate surface area is 127 Å². The molecule has 0 radical (unpaired) electrons. The minimum absolute atomic E-state index is 0.101. The van der Waals surface area contributed by atoms with Gasteiger partial charge in [-0.1, -0.05) is 37.3 Å². The molecule has 0 aromatic heterocycles. The van der Waals surface area contributed by atoms with Gasteiger partial charge in [-0.15, -0.1) is 0 Å². The number of carbonyl (C=O) groups is 1. The summed E-state index contributed by atoms with van der Waals surface area (Å²) >= 11 is 0. The van der Waals surface area contributed by atoms with Crippen LogP contribution in [0.2, 0.25) is 0 Å². The van der Waals surface area contributed by atoms with Gasteiger partial charge in [0.2, 0.25) is 0 Å². The lowest BCUT2D eigenvalue weighted by molar-refractivity contribution is -0.344. The van der Waals surface area contributed by atoms with Crippen molar-refractivity contribution in [3.63, 3.8) is 0 Å². The lowest BCUT2D eigenvalue weighted by Crippen LogP contribution is -2.59. The number of carbonyl (C=O) groups excluding carboxylic acids is 1. The number of nitrogens with one attached hydrogen (secondary N) is 1. The summed E-state index contributed by atoms with van der Waals surface area (Å²) in [6.07, 6.45) is -6.42. The van der Waals surface area contributed by atoms with E-state index in [1.807, 2.05) is 0 Å². The average Bonchev–Trinajstić information content (AvgIpc) is 2.46. The third-order valence-corrected chi connectivity index (χ3v) is 3.27. The second kappa shape index (κ2) is 6.76. The third-order valence-electron chi connectivity index (χ3n) is 3.27. The Hall–Kier alpha value is -1.80. The van der Waals surface area contributed by atoms with Crippen molar-refractivity contribution in [2.75, 3.05) is 6.54 Å². The molecule has 0 heterocycles. The van der Waals surface area contributed by atoms with Crippen molar-refractivity contribution < 1.29 is 35.5 Å². The molecule has 1 amide bonds. The Morgan fingerprint density at radius 2 is 1.57 bits per heavy atom. The van der Waals surface area contributed by atoms with E-state index in [0.717, 1.165) is 5.56 Å². The predicted octanol–water partition coefficient (Wildman–Crippen LogP) is 4.13. The first-order valence-electron chi connectivity index (χ1n) is 6.57. The van der Waals surface area contributed by atoms with Crippen LogP contribution in [0.1, 0.15) is 24.8 Å². The van der Waals surface area contributed by atoms with Gasteiger partial charge < -0.3 is 5.32 Å². The Kier molecular flexibility index (Phi) is 5.65. The van der Waals surface area contributed by atoms with Gasteiger partial charge in [0, 0.05) is 6.54 Å². The van der Waals surface area contributed by atoms with Crippen LogP contribution in [0.15, 0.2) is 30.3 Å². The van der Waals surface area contributed by atoms with Gasteiger partial charge in [-0.2, -0.15) is 30.7 Å². The first-order chi connectivity index (χ1) is 10.4. The lowest BCUT2D eigenvalue weighted by atomic mass is 9.98. The molecule has 0 bridgehead atoms. The highest BCUT2D eigenvalue weighted by Gasteiger charge is 2.76. The molecular formula is C14H14F7NO. The molecule has 0 aliphatic carbocycles. The van der Waals surface area contributed by atoms with Crippen molar-refractivity contribution in [3.05, 3.63) is 35.9 Å². The fourth-order valence-electron chi connectivity index (χ4n) is 1.78. The molecule has 1 unspecified atom stereocenters. The van der Waals surface area contributed by atoms with Crippen LogP contribution in [0.4, 0.5) is 30.7 Å². The molecule has 1 rings (SSSR count). The number of hydrogen-bond donors (Lipinski definition) is 1. The maximum Gasteiger partial charge on any atom is 0.460 e. The first kappa shape index (κ1) is 19.2. The van der Waals surface area contributed by atoms with E-state index in [2.05, 4.69) is 0 Å². The SMILES string of the molecule is CC(CCNC(=O)C(F)(F)C(F)(F)C(F)(F)F)c1ccccc1. The molecule has 1 aromatic carbocycles. The number of hydrogen-bond acceptors (Lipinski definition) is 1. The van der Waals surface area contributed by atoms with Gasteiger partial charge in [0.05, 0.1) is 0 Å². The van der Waals surface area contributed by atoms with Crippen molar-refractivity contribution in [2.24, 2.45) is 0 Å². The minimum Gasteiger partial charge on any atom is -0.351 e. The zero-order valence-corrected chi connectivity index (χ0v) is 11.9. The zero-order valence-electron chi connectivity index (χ0n) is 11.9. The van der Waals surface area contributed by atoms with E-state index in [1.54, 1.807) is 37.3 Å². The Morgan fingerprint density at radius 3 is 2.04 bits per heavy atom. The van der Waals surface area contributed by atoms with Crippen LogP contribution in [0.3, 0.4) is 0 Å². The molecule has 0 aliphatic heterocycles. The minimum atomic E-state index is -6.52. The number of rotatable bonds is 6. The summed E-state index contributed by atoms with van der Waals surface area (Å²) < 4.78 is 87.3. The Morgan fingerprint density at radius 1 is 1.04 bits per heavy atom. The number of amides is 1. The summed E-state index contributed by atoms with van der Waals surface area (Å²) in [6, 6.07) is 8.67. The molecule has 0 aliphatic rings. The highest BCUT2D eigenvalue weighted by molar-refractivity contribution is 5.84. The highest BCUT2D eigenvalue weighted by atomic mass is 19.4. The van der Waals surface area contributed by atoms with Crippen LogP contribution in [0.5, 0.6) is 0 Å². The van der Waals surface area contributed by atoms with E-state index >= 15 is 0 Å². The van der Waals surface area contributed by atoms with E-state index in [-0.39, 0.29) is 12.3 Å². The van der Waals surface area contributed by atoms with Crippen LogP contribution in [0.25, 0.3) is 0 Å². The van der Waals surface area contributed by atoms with Crippen LogP contribution >= 0.6 is 0 Å². The normalized spacial score (nSPS) is 14.4. The van der Waals surface area contributed by atoms with Gasteiger partial charge in [-0.25, -0.2) is 0 Å². The molecule has 0 fully saturated rings. The number of benzene rings is 1. The summed E-state index contributed by atoms with van der Waals surface area (Å²) in [5.41, 5.74) is 0.814. The standard InChI is InChI=1S/C14H14F7NO/c1-9(10-5-3-2-4-6-10)7-8-22-11(23)12(15,16)13(17,18)14(19,20)21/h2-6,9H,7-8H2,1H3,(H,22,23). The van der Waals surface area contributed by atoms with E-state index in [4.69, 9.17) is 0 Å². The topological polar surface area (TPSA) is 29.1 Å². The molecule has 0 saturated carbocycles. The summed E-state index contributed by atoms with van der Waals surface area (Å²) in [4.78, 5) is 11.0. The van der Waals surface area contributed by atoms with Crippen molar-refractivity contribution >= 4 is 5.91 Å². The first-order valence-corrected chi connectivity index (χ1v) is 6.57. The summed E-state index contributed by atoms with van der Waals surface area (Å²) in [5.74, 6) is -15.2. The summed E-state index contributed by atoms with van der Waals surface area (Å²) in [7, 11) is 0. The molecular weight excluding hydrogens is 331 g/mol. The van der Waals surface area contributed by atoms with Crippen LogP contribution < -0.4 is 5.32 Å². The number of halogens is 7. The monoisotopic (exact) mass is 345 g/mol. The van der Waals surface area contributed by atoms with Crippen molar-refractivity contribution in [3.8, 4) is 0 Å². The third kappa shape index (κ3) is 4.14. The van der Waals surface area contributed by atoms with Crippen molar-refractivity contribution in [1.82, 2.24) is 5.32 Å². The summed E-state index contributed by atoms with van der Waals surface area (Å²) in [5, 5.41) is 1.43. The fourth-order valence-corrected chi connectivity index (χ4v) is 1.78. The maximum absolute atomic E-state index is 13.1. The molecule has 2 nitrogen and oxygen atoms in total. The second-order valence-corrected chi connectivity index (χ2v) is 5.00.